The molecular formula is C24H16ClNO7S2. The number of amides is 2. The summed E-state index contributed by atoms with van der Waals surface area (Å²) in [5.74, 6) is 0.587. The molecule has 2 amide bonds. The molecule has 1 saturated heterocycles. The van der Waals surface area contributed by atoms with Crippen LogP contribution in [-0.4, -0.2) is 31.3 Å². The molecule has 0 aromatic heterocycles. The van der Waals surface area contributed by atoms with Gasteiger partial charge in [-0.25, -0.2) is 0 Å². The van der Waals surface area contributed by atoms with Gasteiger partial charge in [-0.05, 0) is 59.3 Å². The predicted octanol–water partition coefficient (Wildman–Crippen LogP) is 5.07. The molecule has 35 heavy (non-hydrogen) atoms. The van der Waals surface area contributed by atoms with Crippen LogP contribution in [0, 0.1) is 0 Å². The van der Waals surface area contributed by atoms with E-state index in [1.54, 1.807) is 42.5 Å². The molecule has 0 aliphatic carbocycles. The first kappa shape index (κ1) is 23.3. The van der Waals surface area contributed by atoms with Gasteiger partial charge >= 0.3 is 10.1 Å². The maximum atomic E-state index is 13.0. The Morgan fingerprint density at radius 3 is 2.51 bits per heavy atom. The van der Waals surface area contributed by atoms with Crippen molar-refractivity contribution in [1.29, 1.82) is 0 Å². The lowest BCUT2D eigenvalue weighted by Crippen LogP contribution is -2.27. The molecule has 3 aromatic rings. The fourth-order valence-electron chi connectivity index (χ4n) is 3.46. The zero-order valence-electron chi connectivity index (χ0n) is 17.8. The summed E-state index contributed by atoms with van der Waals surface area (Å²) in [5.41, 5.74) is 1.04. The number of halogens is 1. The second-order valence-electron chi connectivity index (χ2n) is 7.49. The number of hydrogen-bond acceptors (Lipinski definition) is 8. The molecule has 5 rings (SSSR count). The molecule has 0 bridgehead atoms. The van der Waals surface area contributed by atoms with Crippen molar-refractivity contribution < 1.29 is 31.7 Å². The largest absolute Gasteiger partial charge is 0.454 e. The van der Waals surface area contributed by atoms with Crippen molar-refractivity contribution >= 4 is 50.7 Å². The quantitative estimate of drug-likeness (QED) is 0.322. The third-order valence-corrected chi connectivity index (χ3v) is 7.66. The van der Waals surface area contributed by atoms with Crippen LogP contribution in [0.5, 0.6) is 17.2 Å². The van der Waals surface area contributed by atoms with Crippen molar-refractivity contribution in [2.45, 2.75) is 11.4 Å². The van der Waals surface area contributed by atoms with Gasteiger partial charge in [0, 0.05) is 11.1 Å². The van der Waals surface area contributed by atoms with Gasteiger partial charge in [0.05, 0.1) is 11.4 Å². The number of ether oxygens (including phenoxy) is 2. The first-order valence-corrected chi connectivity index (χ1v) is 12.8. The molecule has 0 radical (unpaired) electrons. The summed E-state index contributed by atoms with van der Waals surface area (Å²) >= 11 is 7.08. The molecule has 0 N–H and O–H groups in total. The summed E-state index contributed by atoms with van der Waals surface area (Å²) in [6, 6.07) is 17.2. The van der Waals surface area contributed by atoms with Gasteiger partial charge in [0.25, 0.3) is 11.1 Å². The van der Waals surface area contributed by atoms with Crippen LogP contribution in [0.1, 0.15) is 11.1 Å². The van der Waals surface area contributed by atoms with E-state index in [4.69, 9.17) is 25.3 Å². The van der Waals surface area contributed by atoms with Crippen molar-refractivity contribution in [2.24, 2.45) is 0 Å². The summed E-state index contributed by atoms with van der Waals surface area (Å²) in [6.07, 6.45) is 1.51. The van der Waals surface area contributed by atoms with Gasteiger partial charge in [-0.3, -0.25) is 14.5 Å². The third kappa shape index (κ3) is 4.86. The number of hydrogen-bond donors (Lipinski definition) is 0. The van der Waals surface area contributed by atoms with Crippen molar-refractivity contribution in [1.82, 2.24) is 4.90 Å². The topological polar surface area (TPSA) is 99.2 Å². The number of imide groups is 1. The van der Waals surface area contributed by atoms with E-state index in [1.807, 2.05) is 0 Å². The number of carbonyl (C=O) groups excluding carboxylic acids is 2. The van der Waals surface area contributed by atoms with Crippen molar-refractivity contribution in [3.05, 3.63) is 87.8 Å². The average molecular weight is 530 g/mol. The number of nitrogens with zero attached hydrogens (tertiary/aromatic N) is 1. The molecule has 2 heterocycles. The predicted molar refractivity (Wildman–Crippen MR) is 130 cm³/mol. The highest BCUT2D eigenvalue weighted by Crippen LogP contribution is 2.39. The number of benzene rings is 3. The smallest absolute Gasteiger partial charge is 0.339 e. The van der Waals surface area contributed by atoms with Gasteiger partial charge in [0.1, 0.15) is 10.6 Å². The average Bonchev–Trinajstić information content (AvgIpc) is 3.39. The van der Waals surface area contributed by atoms with Crippen LogP contribution >= 0.6 is 23.4 Å². The van der Waals surface area contributed by atoms with Crippen LogP contribution in [-0.2, 0) is 21.5 Å². The second-order valence-corrected chi connectivity index (χ2v) is 10.4. The second kappa shape index (κ2) is 9.29. The van der Waals surface area contributed by atoms with E-state index in [1.165, 1.54) is 30.3 Å². The maximum Gasteiger partial charge on any atom is 0.339 e. The molecule has 2 aliphatic heterocycles. The number of thioether (sulfide) groups is 1. The minimum atomic E-state index is -4.02. The zero-order valence-corrected chi connectivity index (χ0v) is 20.2. The Bertz CT molecular complexity index is 1470. The Labute approximate surface area is 210 Å². The molecule has 1 fully saturated rings. The molecule has 8 nitrogen and oxygen atoms in total. The summed E-state index contributed by atoms with van der Waals surface area (Å²) in [4.78, 5) is 26.8. The summed E-state index contributed by atoms with van der Waals surface area (Å²) in [7, 11) is -4.02. The van der Waals surface area contributed by atoms with Crippen LogP contribution in [0.2, 0.25) is 5.02 Å². The van der Waals surface area contributed by atoms with E-state index < -0.39 is 21.3 Å². The highest BCUT2D eigenvalue weighted by Gasteiger charge is 2.35. The van der Waals surface area contributed by atoms with Crippen molar-refractivity contribution in [3.8, 4) is 17.2 Å². The van der Waals surface area contributed by atoms with Gasteiger partial charge in [-0.1, -0.05) is 41.9 Å². The highest BCUT2D eigenvalue weighted by molar-refractivity contribution is 8.18. The lowest BCUT2D eigenvalue weighted by atomic mass is 10.1. The van der Waals surface area contributed by atoms with Crippen LogP contribution in [0.4, 0.5) is 4.79 Å². The Kier molecular flexibility index (Phi) is 6.18. The van der Waals surface area contributed by atoms with Crippen molar-refractivity contribution in [3.63, 3.8) is 0 Å². The van der Waals surface area contributed by atoms with E-state index in [0.717, 1.165) is 16.7 Å². The van der Waals surface area contributed by atoms with Crippen LogP contribution in [0.3, 0.4) is 0 Å². The lowest BCUT2D eigenvalue weighted by molar-refractivity contribution is -0.123. The molecule has 0 atom stereocenters. The Hall–Kier alpha value is -3.47. The maximum absolute atomic E-state index is 13.0. The van der Waals surface area contributed by atoms with Gasteiger partial charge in [0.15, 0.2) is 11.5 Å². The summed E-state index contributed by atoms with van der Waals surface area (Å²) < 4.78 is 40.8. The van der Waals surface area contributed by atoms with Crippen LogP contribution in [0.25, 0.3) is 6.08 Å². The minimum Gasteiger partial charge on any atom is -0.454 e. The van der Waals surface area contributed by atoms with Gasteiger partial charge < -0.3 is 13.7 Å². The van der Waals surface area contributed by atoms with E-state index in [9.17, 15) is 18.0 Å². The molecule has 2 aliphatic rings. The Balaban J connectivity index is 1.34. The Morgan fingerprint density at radius 1 is 1.00 bits per heavy atom. The fraction of sp³-hybridized carbons (Fsp3) is 0.0833. The first-order valence-electron chi connectivity index (χ1n) is 10.2. The van der Waals surface area contributed by atoms with Crippen LogP contribution < -0.4 is 13.7 Å². The molecule has 0 unspecified atom stereocenters. The standard InChI is InChI=1S/C24H16ClNO7S2/c25-19-12-21-20(31-14-32-21)11-16(19)13-26-23(27)22(34-24(26)28)10-15-5-4-6-17(9-15)33-35(29,30)18-7-2-1-3-8-18/h1-12H,13-14H2/b22-10-. The first-order chi connectivity index (χ1) is 16.8. The molecule has 178 valence electrons. The molecular weight excluding hydrogens is 514 g/mol. The molecule has 11 heteroatoms. The van der Waals surface area contributed by atoms with E-state index in [-0.39, 0.29) is 28.9 Å². The number of carbonyl (C=O) groups is 2. The van der Waals surface area contributed by atoms with Crippen LogP contribution in [0.15, 0.2) is 76.5 Å². The van der Waals surface area contributed by atoms with E-state index >= 15 is 0 Å². The fourth-order valence-corrected chi connectivity index (χ4v) is 5.45. The van der Waals surface area contributed by atoms with E-state index in [0.29, 0.717) is 27.6 Å². The summed E-state index contributed by atoms with van der Waals surface area (Å²) in [5, 5.41) is -0.101. The van der Waals surface area contributed by atoms with Gasteiger partial charge in [-0.15, -0.1) is 0 Å². The molecule has 0 spiro atoms. The van der Waals surface area contributed by atoms with Gasteiger partial charge in [-0.2, -0.15) is 8.42 Å². The van der Waals surface area contributed by atoms with Crippen molar-refractivity contribution in [2.75, 3.05) is 6.79 Å². The van der Waals surface area contributed by atoms with Gasteiger partial charge in [0.2, 0.25) is 6.79 Å². The monoisotopic (exact) mass is 529 g/mol. The summed E-state index contributed by atoms with van der Waals surface area (Å²) in [6.45, 7) is 0.0464. The zero-order chi connectivity index (χ0) is 24.6. The number of rotatable bonds is 6. The highest BCUT2D eigenvalue weighted by atomic mass is 35.5. The number of fused-ring (bicyclic) bond motifs is 1. The molecule has 3 aromatic carbocycles. The molecule has 0 saturated carbocycles. The van der Waals surface area contributed by atoms with E-state index in [2.05, 4.69) is 0 Å². The third-order valence-electron chi connectivity index (χ3n) is 5.14. The normalized spacial score (nSPS) is 16.3. The Morgan fingerprint density at radius 2 is 1.74 bits per heavy atom. The lowest BCUT2D eigenvalue weighted by Gasteiger charge is -2.14. The minimum absolute atomic E-state index is 0.0219. The SMILES string of the molecule is O=C1S/C(=C\c2cccc(OS(=O)(=O)c3ccccc3)c2)C(=O)N1Cc1cc2c(cc1Cl)OCO2.